The minimum Gasteiger partial charge on any atom is -0.378 e. The number of halogens is 2. The highest BCUT2D eigenvalue weighted by molar-refractivity contribution is 6.31. The number of anilines is 2. The van der Waals surface area contributed by atoms with E-state index in [1.54, 1.807) is 30.5 Å². The van der Waals surface area contributed by atoms with Gasteiger partial charge in [-0.25, -0.2) is 10.4 Å². The third-order valence-electron chi connectivity index (χ3n) is 4.66. The SMILES string of the molecule is N#Cc1c(-c2ccc(Cl)cc2)nc(N/N=C/c2cccc(Cl)c2)nc1N1CCOCC1. The minimum absolute atomic E-state index is 0.281. The maximum Gasteiger partial charge on any atom is 0.246 e. The van der Waals surface area contributed by atoms with E-state index in [2.05, 4.69) is 26.6 Å². The second-order valence-electron chi connectivity index (χ2n) is 6.74. The van der Waals surface area contributed by atoms with Crippen molar-refractivity contribution in [3.63, 3.8) is 0 Å². The third-order valence-corrected chi connectivity index (χ3v) is 5.14. The molecule has 0 saturated carbocycles. The summed E-state index contributed by atoms with van der Waals surface area (Å²) in [5.74, 6) is 0.829. The third kappa shape index (κ3) is 5.12. The van der Waals surface area contributed by atoms with Crippen LogP contribution in [0.15, 0.2) is 53.6 Å². The number of hydrazone groups is 1. The van der Waals surface area contributed by atoms with Gasteiger partial charge in [-0.3, -0.25) is 0 Å². The quantitative estimate of drug-likeness (QED) is 0.449. The van der Waals surface area contributed by atoms with Crippen molar-refractivity contribution in [3.05, 3.63) is 69.7 Å². The van der Waals surface area contributed by atoms with Crippen molar-refractivity contribution >= 4 is 41.2 Å². The number of benzene rings is 2. The van der Waals surface area contributed by atoms with Crippen LogP contribution >= 0.6 is 23.2 Å². The van der Waals surface area contributed by atoms with E-state index in [4.69, 9.17) is 27.9 Å². The summed E-state index contributed by atoms with van der Waals surface area (Å²) in [7, 11) is 0. The van der Waals surface area contributed by atoms with Crippen LogP contribution in [0.25, 0.3) is 11.3 Å². The van der Waals surface area contributed by atoms with Gasteiger partial charge in [0.2, 0.25) is 5.95 Å². The van der Waals surface area contributed by atoms with Gasteiger partial charge in [-0.1, -0.05) is 47.5 Å². The van der Waals surface area contributed by atoms with Gasteiger partial charge in [-0.2, -0.15) is 15.3 Å². The van der Waals surface area contributed by atoms with E-state index in [9.17, 15) is 5.26 Å². The maximum atomic E-state index is 9.91. The van der Waals surface area contributed by atoms with Crippen molar-refractivity contribution in [2.45, 2.75) is 0 Å². The smallest absolute Gasteiger partial charge is 0.246 e. The fourth-order valence-electron chi connectivity index (χ4n) is 3.17. The molecule has 1 fully saturated rings. The topological polar surface area (TPSA) is 86.4 Å². The molecule has 3 aromatic rings. The Morgan fingerprint density at radius 1 is 1.06 bits per heavy atom. The van der Waals surface area contributed by atoms with Gasteiger partial charge in [0.1, 0.15) is 11.6 Å². The summed E-state index contributed by atoms with van der Waals surface area (Å²) in [6, 6.07) is 16.8. The van der Waals surface area contributed by atoms with Crippen molar-refractivity contribution in [1.82, 2.24) is 9.97 Å². The van der Waals surface area contributed by atoms with Gasteiger partial charge < -0.3 is 9.64 Å². The highest BCUT2D eigenvalue weighted by atomic mass is 35.5. The lowest BCUT2D eigenvalue weighted by molar-refractivity contribution is 0.122. The number of hydrogen-bond acceptors (Lipinski definition) is 7. The number of hydrogen-bond donors (Lipinski definition) is 1. The maximum absolute atomic E-state index is 9.91. The molecule has 1 aliphatic rings. The molecule has 31 heavy (non-hydrogen) atoms. The Labute approximate surface area is 189 Å². The fraction of sp³-hybridized carbons (Fsp3) is 0.182. The Balaban J connectivity index is 1.72. The molecule has 156 valence electrons. The minimum atomic E-state index is 0.281. The van der Waals surface area contributed by atoms with Crippen LogP contribution in [0.4, 0.5) is 11.8 Å². The lowest BCUT2D eigenvalue weighted by atomic mass is 10.1. The first-order valence-electron chi connectivity index (χ1n) is 9.59. The van der Waals surface area contributed by atoms with Crippen LogP contribution in [-0.4, -0.2) is 42.5 Å². The van der Waals surface area contributed by atoms with Gasteiger partial charge >= 0.3 is 0 Å². The van der Waals surface area contributed by atoms with Crippen LogP contribution in [0.2, 0.25) is 10.0 Å². The Bertz CT molecular complexity index is 1140. The number of rotatable bonds is 5. The highest BCUT2D eigenvalue weighted by Crippen LogP contribution is 2.30. The predicted octanol–water partition coefficient (Wildman–Crippen LogP) is 4.60. The van der Waals surface area contributed by atoms with Crippen LogP contribution in [-0.2, 0) is 4.74 Å². The van der Waals surface area contributed by atoms with Crippen LogP contribution < -0.4 is 10.3 Å². The average Bonchev–Trinajstić information content (AvgIpc) is 2.80. The van der Waals surface area contributed by atoms with Gasteiger partial charge in [-0.15, -0.1) is 0 Å². The molecular formula is C22H18Cl2N6O. The Hall–Kier alpha value is -3.18. The lowest BCUT2D eigenvalue weighted by Crippen LogP contribution is -2.37. The average molecular weight is 453 g/mol. The van der Waals surface area contributed by atoms with E-state index in [-0.39, 0.29) is 5.95 Å². The number of nitrogens with one attached hydrogen (secondary N) is 1. The molecule has 0 atom stereocenters. The number of aromatic nitrogens is 2. The highest BCUT2D eigenvalue weighted by Gasteiger charge is 2.22. The van der Waals surface area contributed by atoms with Gasteiger partial charge in [0.05, 0.1) is 25.1 Å². The van der Waals surface area contributed by atoms with Crippen molar-refractivity contribution in [2.75, 3.05) is 36.6 Å². The van der Waals surface area contributed by atoms with Crippen LogP contribution in [0.3, 0.4) is 0 Å². The zero-order valence-electron chi connectivity index (χ0n) is 16.4. The molecular weight excluding hydrogens is 435 g/mol. The number of ether oxygens (including phenoxy) is 1. The second kappa shape index (κ2) is 9.75. The summed E-state index contributed by atoms with van der Waals surface area (Å²) in [6.45, 7) is 2.41. The molecule has 0 radical (unpaired) electrons. The van der Waals surface area contributed by atoms with Crippen molar-refractivity contribution < 1.29 is 4.74 Å². The van der Waals surface area contributed by atoms with Gasteiger partial charge in [0.15, 0.2) is 5.82 Å². The molecule has 4 rings (SSSR count). The first kappa shape index (κ1) is 21.1. The van der Waals surface area contributed by atoms with Gasteiger partial charge in [0.25, 0.3) is 0 Å². The Morgan fingerprint density at radius 3 is 2.55 bits per heavy atom. The predicted molar refractivity (Wildman–Crippen MR) is 123 cm³/mol. The summed E-state index contributed by atoms with van der Waals surface area (Å²) < 4.78 is 5.44. The first-order chi connectivity index (χ1) is 15.1. The van der Waals surface area contributed by atoms with E-state index in [1.807, 2.05) is 29.2 Å². The van der Waals surface area contributed by atoms with Crippen LogP contribution in [0.1, 0.15) is 11.1 Å². The second-order valence-corrected chi connectivity index (χ2v) is 7.61. The summed E-state index contributed by atoms with van der Waals surface area (Å²) in [5.41, 5.74) is 5.38. The van der Waals surface area contributed by atoms with Crippen molar-refractivity contribution in [3.8, 4) is 17.3 Å². The van der Waals surface area contributed by atoms with E-state index in [0.717, 1.165) is 11.1 Å². The molecule has 1 saturated heterocycles. The molecule has 9 heteroatoms. The van der Waals surface area contributed by atoms with E-state index in [0.29, 0.717) is 53.4 Å². The molecule has 0 spiro atoms. The number of nitrogens with zero attached hydrogens (tertiary/aromatic N) is 5. The van der Waals surface area contributed by atoms with E-state index in [1.165, 1.54) is 0 Å². The monoisotopic (exact) mass is 452 g/mol. The molecule has 1 N–H and O–H groups in total. The van der Waals surface area contributed by atoms with E-state index >= 15 is 0 Å². The summed E-state index contributed by atoms with van der Waals surface area (Å²) in [6.07, 6.45) is 1.63. The molecule has 0 bridgehead atoms. The summed E-state index contributed by atoms with van der Waals surface area (Å²) >= 11 is 12.1. The molecule has 1 aromatic heterocycles. The van der Waals surface area contributed by atoms with Crippen LogP contribution in [0, 0.1) is 11.3 Å². The number of nitriles is 1. The van der Waals surface area contributed by atoms with E-state index < -0.39 is 0 Å². The zero-order valence-corrected chi connectivity index (χ0v) is 17.9. The molecule has 0 unspecified atom stereocenters. The molecule has 1 aliphatic heterocycles. The van der Waals surface area contributed by atoms with Crippen LogP contribution in [0.5, 0.6) is 0 Å². The summed E-state index contributed by atoms with van der Waals surface area (Å²) in [5, 5.41) is 15.4. The Morgan fingerprint density at radius 2 is 1.84 bits per heavy atom. The first-order valence-corrected chi connectivity index (χ1v) is 10.3. The molecule has 7 nitrogen and oxygen atoms in total. The van der Waals surface area contributed by atoms with Crippen molar-refractivity contribution in [1.29, 1.82) is 5.26 Å². The zero-order chi connectivity index (χ0) is 21.6. The number of morpholine rings is 1. The Kier molecular flexibility index (Phi) is 6.63. The van der Waals surface area contributed by atoms with Crippen molar-refractivity contribution in [2.24, 2.45) is 5.10 Å². The van der Waals surface area contributed by atoms with Gasteiger partial charge in [-0.05, 0) is 29.8 Å². The van der Waals surface area contributed by atoms with Gasteiger partial charge in [0, 0.05) is 28.7 Å². The fourth-order valence-corrected chi connectivity index (χ4v) is 3.50. The molecule has 0 amide bonds. The largest absolute Gasteiger partial charge is 0.378 e. The standard InChI is InChI=1S/C22H18Cl2N6O/c23-17-6-4-16(5-7-17)20-19(13-25)21(30-8-10-31-11-9-30)28-22(27-20)29-26-14-15-2-1-3-18(24)12-15/h1-7,12,14H,8-11H2,(H,27,28,29)/b26-14+. The summed E-state index contributed by atoms with van der Waals surface area (Å²) in [4.78, 5) is 11.2. The lowest BCUT2D eigenvalue weighted by Gasteiger charge is -2.29. The molecule has 0 aliphatic carbocycles. The molecule has 2 aromatic carbocycles. The normalized spacial score (nSPS) is 13.9. The molecule has 2 heterocycles.